The zero-order valence-corrected chi connectivity index (χ0v) is 21.7. The molecule has 210 valence electrons. The molecule has 1 amide bonds. The molecule has 15 heteroatoms. The zero-order valence-electron chi connectivity index (χ0n) is 20.9. The average Bonchev–Trinajstić information content (AvgIpc) is 2.90. The summed E-state index contributed by atoms with van der Waals surface area (Å²) >= 11 is 0. The number of pyridine rings is 1. The molecule has 2 aromatic heterocycles. The van der Waals surface area contributed by atoms with Crippen LogP contribution in [0.15, 0.2) is 65.6 Å². The number of aromatic nitrogens is 3. The first kappa shape index (κ1) is 28.7. The molecule has 0 saturated carbocycles. The monoisotopic (exact) mass is 575 g/mol. The lowest BCUT2D eigenvalue weighted by atomic mass is 10.1. The fraction of sp³-hybridized carbons (Fsp3) is 0.200. The number of alkyl halides is 3. The van der Waals surface area contributed by atoms with E-state index >= 15 is 0 Å². The van der Waals surface area contributed by atoms with Crippen molar-refractivity contribution in [1.29, 1.82) is 0 Å². The molecule has 2 aromatic carbocycles. The number of carbonyl (C=O) groups excluding carboxylic acids is 1. The molecule has 6 N–H and O–H groups in total. The fourth-order valence-corrected chi connectivity index (χ4v) is 4.03. The molecule has 4 rings (SSSR count). The lowest BCUT2D eigenvalue weighted by Crippen LogP contribution is -2.24. The Morgan fingerprint density at radius 2 is 1.65 bits per heavy atom. The number of benzene rings is 2. The number of primary sulfonamides is 1. The number of hydrogen-bond acceptors (Lipinski definition) is 9. The van der Waals surface area contributed by atoms with Crippen molar-refractivity contribution in [3.8, 4) is 11.3 Å². The van der Waals surface area contributed by atoms with Crippen molar-refractivity contribution in [2.45, 2.75) is 30.6 Å². The molecule has 0 spiro atoms. The predicted molar refractivity (Wildman–Crippen MR) is 143 cm³/mol. The lowest BCUT2D eigenvalue weighted by Gasteiger charge is -2.14. The molecule has 0 unspecified atom stereocenters. The lowest BCUT2D eigenvalue weighted by molar-refractivity contribution is -0.123. The summed E-state index contributed by atoms with van der Waals surface area (Å²) in [6, 6.07) is 15.5. The summed E-state index contributed by atoms with van der Waals surface area (Å²) in [4.78, 5) is 24.7. The first-order valence-corrected chi connectivity index (χ1v) is 13.3. The number of nitrogens with zero attached hydrogens (tertiary/aromatic N) is 3. The third kappa shape index (κ3) is 7.40. The smallest absolute Gasteiger partial charge is 0.384 e. The molecule has 11 nitrogen and oxygen atoms in total. The predicted octanol–water partition coefficient (Wildman–Crippen LogP) is 3.24. The normalized spacial score (nSPS) is 12.7. The van der Waals surface area contributed by atoms with E-state index < -0.39 is 34.8 Å². The third-order valence-corrected chi connectivity index (χ3v) is 6.46. The van der Waals surface area contributed by atoms with Crippen LogP contribution < -0.4 is 21.1 Å². The summed E-state index contributed by atoms with van der Waals surface area (Å²) in [5, 5.41) is 22.2. The largest absolute Gasteiger partial charge is 0.405 e. The van der Waals surface area contributed by atoms with Gasteiger partial charge in [-0.2, -0.15) is 18.2 Å². The summed E-state index contributed by atoms with van der Waals surface area (Å²) in [7, 11) is -3.85. The summed E-state index contributed by atoms with van der Waals surface area (Å²) in [5.41, 5.74) is 2.52. The Bertz CT molecular complexity index is 1630. The molecule has 1 atom stereocenters. The highest BCUT2D eigenvalue weighted by Crippen LogP contribution is 2.27. The van der Waals surface area contributed by atoms with Gasteiger partial charge in [0.15, 0.2) is 5.82 Å². The van der Waals surface area contributed by atoms with Crippen LogP contribution in [0.25, 0.3) is 22.3 Å². The number of anilines is 3. The summed E-state index contributed by atoms with van der Waals surface area (Å²) in [6.45, 7) is 0.139. The maximum absolute atomic E-state index is 13.0. The zero-order chi connectivity index (χ0) is 29.1. The van der Waals surface area contributed by atoms with E-state index in [0.29, 0.717) is 22.5 Å². The summed E-state index contributed by atoms with van der Waals surface area (Å²) in [5.74, 6) is -0.684. The van der Waals surface area contributed by atoms with Crippen molar-refractivity contribution in [3.05, 3.63) is 66.2 Å². The number of rotatable bonds is 9. The van der Waals surface area contributed by atoms with Gasteiger partial charge < -0.3 is 21.1 Å². The Balaban J connectivity index is 1.61. The van der Waals surface area contributed by atoms with Gasteiger partial charge in [-0.15, -0.1) is 0 Å². The summed E-state index contributed by atoms with van der Waals surface area (Å²) in [6.07, 6.45) is -5.70. The van der Waals surface area contributed by atoms with Crippen molar-refractivity contribution in [2.24, 2.45) is 5.14 Å². The van der Waals surface area contributed by atoms with Crippen LogP contribution in [0, 0.1) is 0 Å². The van der Waals surface area contributed by atoms with Gasteiger partial charge >= 0.3 is 6.18 Å². The van der Waals surface area contributed by atoms with Crippen LogP contribution >= 0.6 is 0 Å². The third-order valence-electron chi connectivity index (χ3n) is 5.53. The van der Waals surface area contributed by atoms with E-state index in [1.54, 1.807) is 36.4 Å². The van der Waals surface area contributed by atoms with E-state index in [4.69, 9.17) is 5.14 Å². The number of carbonyl (C=O) groups is 1. The van der Waals surface area contributed by atoms with Gasteiger partial charge in [0.2, 0.25) is 16.0 Å². The molecule has 0 fully saturated rings. The maximum Gasteiger partial charge on any atom is 0.405 e. The molecular formula is C25H24F3N7O4S. The average molecular weight is 576 g/mol. The number of fused-ring (bicyclic) bond motifs is 1. The molecule has 0 aliphatic heterocycles. The number of aliphatic hydroxyl groups excluding tert-OH is 1. The standard InChI is InChI=1S/C25H24F3N7O4S/c1-14(36)23(37)32-17-6-4-16(5-7-17)19-10-11-20-21(33-19)22(31-13-25(26,27)28)35-24(34-20)30-12-15-2-8-18(9-3-15)40(29,38)39/h2-11,14,36H,12-13H2,1H3,(H,32,37)(H2,29,38,39)(H2,30,31,34,35)/t14-/m0/s1. The molecule has 40 heavy (non-hydrogen) atoms. The molecular weight excluding hydrogens is 551 g/mol. The second kappa shape index (κ2) is 11.4. The Hall–Kier alpha value is -4.34. The van der Waals surface area contributed by atoms with Crippen LogP contribution in [0.4, 0.5) is 30.6 Å². The van der Waals surface area contributed by atoms with Crippen molar-refractivity contribution < 1.29 is 31.5 Å². The second-order valence-electron chi connectivity index (χ2n) is 8.71. The molecule has 0 aliphatic rings. The van der Waals surface area contributed by atoms with E-state index in [1.807, 2.05) is 0 Å². The minimum Gasteiger partial charge on any atom is -0.384 e. The number of nitrogens with two attached hydrogens (primary N) is 1. The van der Waals surface area contributed by atoms with E-state index in [0.717, 1.165) is 0 Å². The maximum atomic E-state index is 13.0. The van der Waals surface area contributed by atoms with Gasteiger partial charge in [0, 0.05) is 17.8 Å². The van der Waals surface area contributed by atoms with Crippen molar-refractivity contribution in [2.75, 3.05) is 22.5 Å². The van der Waals surface area contributed by atoms with Crippen LogP contribution in [0.3, 0.4) is 0 Å². The highest BCUT2D eigenvalue weighted by atomic mass is 32.2. The van der Waals surface area contributed by atoms with E-state index in [9.17, 15) is 31.5 Å². The molecule has 0 radical (unpaired) electrons. The van der Waals surface area contributed by atoms with Gasteiger partial charge in [-0.1, -0.05) is 24.3 Å². The number of nitrogens with one attached hydrogen (secondary N) is 3. The number of sulfonamides is 1. The van der Waals surface area contributed by atoms with Gasteiger partial charge in [-0.05, 0) is 48.9 Å². The topological polar surface area (TPSA) is 172 Å². The summed E-state index contributed by atoms with van der Waals surface area (Å²) < 4.78 is 61.9. The van der Waals surface area contributed by atoms with Gasteiger partial charge in [-0.25, -0.2) is 23.5 Å². The molecule has 0 saturated heterocycles. The molecule has 0 bridgehead atoms. The Kier molecular flexibility index (Phi) is 8.18. The van der Waals surface area contributed by atoms with Crippen molar-refractivity contribution >= 4 is 44.4 Å². The highest BCUT2D eigenvalue weighted by Gasteiger charge is 2.27. The Morgan fingerprint density at radius 3 is 2.25 bits per heavy atom. The van der Waals surface area contributed by atoms with E-state index in [-0.39, 0.29) is 34.2 Å². The molecule has 0 aliphatic carbocycles. The number of halogens is 3. The van der Waals surface area contributed by atoms with Crippen LogP contribution in [0.2, 0.25) is 0 Å². The number of aliphatic hydroxyl groups is 1. The van der Waals surface area contributed by atoms with Gasteiger partial charge in [0.05, 0.1) is 16.1 Å². The minimum atomic E-state index is -4.51. The Labute approximate surface area is 226 Å². The first-order valence-electron chi connectivity index (χ1n) is 11.7. The number of hydrogen-bond donors (Lipinski definition) is 5. The van der Waals surface area contributed by atoms with Crippen LogP contribution in [-0.4, -0.2) is 53.2 Å². The van der Waals surface area contributed by atoms with Crippen molar-refractivity contribution in [1.82, 2.24) is 15.0 Å². The van der Waals surface area contributed by atoms with Crippen LogP contribution in [0.1, 0.15) is 12.5 Å². The van der Waals surface area contributed by atoms with Gasteiger partial charge in [0.1, 0.15) is 18.2 Å². The van der Waals surface area contributed by atoms with Gasteiger partial charge in [-0.3, -0.25) is 4.79 Å². The minimum absolute atomic E-state index is 0.0282. The second-order valence-corrected chi connectivity index (χ2v) is 10.3. The highest BCUT2D eigenvalue weighted by molar-refractivity contribution is 7.89. The fourth-order valence-electron chi connectivity index (χ4n) is 3.51. The quantitative estimate of drug-likeness (QED) is 0.201. The first-order chi connectivity index (χ1) is 18.8. The van der Waals surface area contributed by atoms with Crippen LogP contribution in [-0.2, 0) is 21.4 Å². The van der Waals surface area contributed by atoms with Gasteiger partial charge in [0.25, 0.3) is 5.91 Å². The van der Waals surface area contributed by atoms with E-state index in [1.165, 1.54) is 31.2 Å². The van der Waals surface area contributed by atoms with Crippen molar-refractivity contribution in [3.63, 3.8) is 0 Å². The molecule has 2 heterocycles. The molecule has 4 aromatic rings. The SMILES string of the molecule is C[C@H](O)C(=O)Nc1ccc(-c2ccc3nc(NCc4ccc(S(N)(=O)=O)cc4)nc(NCC(F)(F)F)c3n2)cc1. The van der Waals surface area contributed by atoms with Crippen LogP contribution in [0.5, 0.6) is 0 Å². The Morgan fingerprint density at radius 1 is 0.975 bits per heavy atom. The number of amides is 1. The van der Waals surface area contributed by atoms with E-state index in [2.05, 4.69) is 30.9 Å².